The van der Waals surface area contributed by atoms with Crippen molar-refractivity contribution in [2.45, 2.75) is 11.3 Å². The van der Waals surface area contributed by atoms with Gasteiger partial charge in [-0.25, -0.2) is 18.4 Å². The summed E-state index contributed by atoms with van der Waals surface area (Å²) >= 11 is 0. The molecule has 136 valence electrons. The van der Waals surface area contributed by atoms with E-state index in [1.54, 1.807) is 18.2 Å². The summed E-state index contributed by atoms with van der Waals surface area (Å²) in [7, 11) is -1.20. The second-order valence-corrected chi connectivity index (χ2v) is 8.23. The molecule has 3 rings (SSSR count). The highest BCUT2D eigenvalue weighted by atomic mass is 32.2. The van der Waals surface area contributed by atoms with E-state index >= 15 is 0 Å². The van der Waals surface area contributed by atoms with Crippen molar-refractivity contribution in [1.82, 2.24) is 9.97 Å². The second kappa shape index (κ2) is 7.70. The average molecular weight is 370 g/mol. The monoisotopic (exact) mass is 370 g/mol. The van der Waals surface area contributed by atoms with Crippen LogP contribution in [0.1, 0.15) is 6.42 Å². The fourth-order valence-corrected chi connectivity index (χ4v) is 3.39. The Kier molecular flexibility index (Phi) is 5.37. The number of rotatable bonds is 7. The van der Waals surface area contributed by atoms with Gasteiger partial charge >= 0.3 is 0 Å². The van der Waals surface area contributed by atoms with E-state index in [9.17, 15) is 8.42 Å². The Morgan fingerprint density at radius 2 is 1.85 bits per heavy atom. The standard InChI is InChI=1S/C19H22N4O2S/c1-23(15-7-4-3-5-8-15)12-6-11-20-19-17-13-16(26(2,24)25)9-10-18(17)21-14-22-19/h3-5,7-10,13-14H,6,11-12H2,1-2H3,(H,20,21,22). The molecular formula is C19H22N4O2S. The van der Waals surface area contributed by atoms with Crippen LogP contribution in [0.25, 0.3) is 10.9 Å². The van der Waals surface area contributed by atoms with Crippen LogP contribution in [0.15, 0.2) is 59.8 Å². The highest BCUT2D eigenvalue weighted by Gasteiger charge is 2.11. The van der Waals surface area contributed by atoms with Gasteiger partial charge in [0.05, 0.1) is 10.4 Å². The molecule has 1 N–H and O–H groups in total. The zero-order valence-corrected chi connectivity index (χ0v) is 15.7. The number of fused-ring (bicyclic) bond motifs is 1. The molecular weight excluding hydrogens is 348 g/mol. The first-order valence-corrected chi connectivity index (χ1v) is 10.3. The van der Waals surface area contributed by atoms with Crippen LogP contribution in [0.4, 0.5) is 11.5 Å². The summed E-state index contributed by atoms with van der Waals surface area (Å²) < 4.78 is 23.6. The molecule has 1 aromatic heterocycles. The molecule has 0 aliphatic carbocycles. The lowest BCUT2D eigenvalue weighted by Crippen LogP contribution is -2.20. The maximum Gasteiger partial charge on any atom is 0.175 e. The van der Waals surface area contributed by atoms with Crippen molar-refractivity contribution < 1.29 is 8.42 Å². The maximum absolute atomic E-state index is 11.8. The van der Waals surface area contributed by atoms with E-state index in [4.69, 9.17) is 0 Å². The predicted molar refractivity (Wildman–Crippen MR) is 105 cm³/mol. The Morgan fingerprint density at radius 3 is 2.58 bits per heavy atom. The van der Waals surface area contributed by atoms with Gasteiger partial charge < -0.3 is 10.2 Å². The van der Waals surface area contributed by atoms with Crippen LogP contribution in [0.3, 0.4) is 0 Å². The third-order valence-electron chi connectivity index (χ3n) is 4.19. The topological polar surface area (TPSA) is 75.2 Å². The van der Waals surface area contributed by atoms with Crippen LogP contribution < -0.4 is 10.2 Å². The molecule has 2 aromatic carbocycles. The molecule has 7 heteroatoms. The van der Waals surface area contributed by atoms with Crippen molar-refractivity contribution in [3.63, 3.8) is 0 Å². The van der Waals surface area contributed by atoms with Crippen LogP contribution in [0.5, 0.6) is 0 Å². The van der Waals surface area contributed by atoms with Gasteiger partial charge in [-0.15, -0.1) is 0 Å². The average Bonchev–Trinajstić information content (AvgIpc) is 2.64. The van der Waals surface area contributed by atoms with Gasteiger partial charge in [-0.05, 0) is 36.8 Å². The van der Waals surface area contributed by atoms with E-state index in [1.165, 1.54) is 18.3 Å². The quantitative estimate of drug-likeness (QED) is 0.645. The normalized spacial score (nSPS) is 11.5. The van der Waals surface area contributed by atoms with Crippen LogP contribution in [0, 0.1) is 0 Å². The fraction of sp³-hybridized carbons (Fsp3) is 0.263. The summed E-state index contributed by atoms with van der Waals surface area (Å²) in [5.74, 6) is 0.655. The molecule has 6 nitrogen and oxygen atoms in total. The molecule has 0 aliphatic rings. The minimum atomic E-state index is -3.27. The molecule has 0 spiro atoms. The van der Waals surface area contributed by atoms with Crippen molar-refractivity contribution in [3.05, 3.63) is 54.9 Å². The number of para-hydroxylation sites is 1. The molecule has 0 saturated carbocycles. The third-order valence-corrected chi connectivity index (χ3v) is 5.30. The van der Waals surface area contributed by atoms with Crippen LogP contribution >= 0.6 is 0 Å². The van der Waals surface area contributed by atoms with Gasteiger partial charge in [-0.1, -0.05) is 18.2 Å². The van der Waals surface area contributed by atoms with E-state index in [0.717, 1.165) is 25.0 Å². The Balaban J connectivity index is 1.67. The number of aromatic nitrogens is 2. The Labute approximate surface area is 153 Å². The van der Waals surface area contributed by atoms with E-state index in [-0.39, 0.29) is 4.90 Å². The summed E-state index contributed by atoms with van der Waals surface area (Å²) in [6.45, 7) is 1.63. The van der Waals surface area contributed by atoms with Gasteiger partial charge in [0.1, 0.15) is 12.1 Å². The minimum absolute atomic E-state index is 0.270. The molecule has 1 heterocycles. The van der Waals surface area contributed by atoms with E-state index < -0.39 is 9.84 Å². The van der Waals surface area contributed by atoms with Gasteiger partial charge in [-0.2, -0.15) is 0 Å². The Bertz CT molecular complexity index is 991. The lowest BCUT2D eigenvalue weighted by Gasteiger charge is -2.19. The first kappa shape index (κ1) is 18.1. The molecule has 0 fully saturated rings. The summed E-state index contributed by atoms with van der Waals surface area (Å²) in [5, 5.41) is 4.02. The molecule has 0 atom stereocenters. The summed E-state index contributed by atoms with van der Waals surface area (Å²) in [4.78, 5) is 10.9. The largest absolute Gasteiger partial charge is 0.375 e. The van der Waals surface area contributed by atoms with Gasteiger partial charge in [0.25, 0.3) is 0 Å². The highest BCUT2D eigenvalue weighted by molar-refractivity contribution is 7.90. The van der Waals surface area contributed by atoms with E-state index in [2.05, 4.69) is 39.4 Å². The first-order chi connectivity index (χ1) is 12.4. The molecule has 0 radical (unpaired) electrons. The lowest BCUT2D eigenvalue weighted by molar-refractivity contribution is 0.602. The SMILES string of the molecule is CN(CCCNc1ncnc2ccc(S(C)(=O)=O)cc12)c1ccccc1. The lowest BCUT2D eigenvalue weighted by atomic mass is 10.2. The van der Waals surface area contributed by atoms with E-state index in [0.29, 0.717) is 11.2 Å². The smallest absolute Gasteiger partial charge is 0.175 e. The van der Waals surface area contributed by atoms with Crippen molar-refractivity contribution >= 4 is 32.2 Å². The van der Waals surface area contributed by atoms with Crippen LogP contribution in [0.2, 0.25) is 0 Å². The number of hydrogen-bond acceptors (Lipinski definition) is 6. The molecule has 0 saturated heterocycles. The van der Waals surface area contributed by atoms with Crippen LogP contribution in [-0.4, -0.2) is 44.8 Å². The minimum Gasteiger partial charge on any atom is -0.375 e. The van der Waals surface area contributed by atoms with Gasteiger partial charge in [0.2, 0.25) is 0 Å². The summed E-state index contributed by atoms with van der Waals surface area (Å²) in [6, 6.07) is 15.1. The number of hydrogen-bond donors (Lipinski definition) is 1. The third kappa shape index (κ3) is 4.29. The maximum atomic E-state index is 11.8. The van der Waals surface area contributed by atoms with Crippen molar-refractivity contribution in [2.24, 2.45) is 0 Å². The zero-order valence-electron chi connectivity index (χ0n) is 14.9. The predicted octanol–water partition coefficient (Wildman–Crippen LogP) is 2.97. The molecule has 0 amide bonds. The number of benzene rings is 2. The van der Waals surface area contributed by atoms with Gasteiger partial charge in [-0.3, -0.25) is 0 Å². The van der Waals surface area contributed by atoms with Crippen molar-refractivity contribution in [3.8, 4) is 0 Å². The summed E-state index contributed by atoms with van der Waals surface area (Å²) in [6.07, 6.45) is 3.61. The molecule has 0 aliphatic heterocycles. The van der Waals surface area contributed by atoms with Gasteiger partial charge in [0, 0.05) is 37.5 Å². The fourth-order valence-electron chi connectivity index (χ4n) is 2.74. The highest BCUT2D eigenvalue weighted by Crippen LogP contribution is 2.23. The molecule has 0 bridgehead atoms. The van der Waals surface area contributed by atoms with Crippen LogP contribution in [-0.2, 0) is 9.84 Å². The Hall–Kier alpha value is -2.67. The zero-order chi connectivity index (χ0) is 18.6. The number of nitrogens with one attached hydrogen (secondary N) is 1. The number of nitrogens with zero attached hydrogens (tertiary/aromatic N) is 3. The first-order valence-electron chi connectivity index (χ1n) is 8.40. The molecule has 0 unspecified atom stereocenters. The molecule has 3 aromatic rings. The second-order valence-electron chi connectivity index (χ2n) is 6.21. The Morgan fingerprint density at radius 1 is 1.08 bits per heavy atom. The number of anilines is 2. The van der Waals surface area contributed by atoms with Gasteiger partial charge in [0.15, 0.2) is 9.84 Å². The summed E-state index contributed by atoms with van der Waals surface area (Å²) in [5.41, 5.74) is 1.90. The van der Waals surface area contributed by atoms with E-state index in [1.807, 2.05) is 18.2 Å². The molecule has 26 heavy (non-hydrogen) atoms. The van der Waals surface area contributed by atoms with Crippen molar-refractivity contribution in [1.29, 1.82) is 0 Å². The number of sulfone groups is 1. The van der Waals surface area contributed by atoms with Crippen molar-refractivity contribution in [2.75, 3.05) is 36.6 Å².